The molecule has 1 heterocycles. The molecule has 21 heavy (non-hydrogen) atoms. The average molecular weight is 321 g/mol. The third-order valence-electron chi connectivity index (χ3n) is 3.72. The first kappa shape index (κ1) is 14.4. The summed E-state index contributed by atoms with van der Waals surface area (Å²) in [6.45, 7) is 0.681. The fourth-order valence-corrected chi connectivity index (χ4v) is 3.08. The van der Waals surface area contributed by atoms with E-state index >= 15 is 0 Å². The molecule has 3 rings (SSSR count). The summed E-state index contributed by atoms with van der Waals surface area (Å²) < 4.78 is 0. The van der Waals surface area contributed by atoms with Crippen LogP contribution in [0, 0.1) is 0 Å². The Balaban J connectivity index is 2.00. The van der Waals surface area contributed by atoms with Gasteiger partial charge >= 0.3 is 0 Å². The number of rotatable bonds is 2. The maximum Gasteiger partial charge on any atom is 0.251 e. The van der Waals surface area contributed by atoms with Gasteiger partial charge in [-0.3, -0.25) is 4.79 Å². The van der Waals surface area contributed by atoms with E-state index in [-0.39, 0.29) is 5.91 Å². The zero-order valence-electron chi connectivity index (χ0n) is 11.2. The van der Waals surface area contributed by atoms with Crippen molar-refractivity contribution in [3.05, 3.63) is 68.7 Å². The highest BCUT2D eigenvalue weighted by Gasteiger charge is 2.20. The van der Waals surface area contributed by atoms with Crippen LogP contribution in [0.25, 0.3) is 0 Å². The second-order valence-electron chi connectivity index (χ2n) is 5.07. The van der Waals surface area contributed by atoms with E-state index in [2.05, 4.69) is 5.32 Å². The van der Waals surface area contributed by atoms with Crippen LogP contribution in [0.2, 0.25) is 10.0 Å². The number of halogens is 2. The third-order valence-corrected chi connectivity index (χ3v) is 4.28. The fourth-order valence-electron chi connectivity index (χ4n) is 2.56. The van der Waals surface area contributed by atoms with Crippen LogP contribution in [-0.2, 0) is 6.42 Å². The molecule has 1 aliphatic rings. The van der Waals surface area contributed by atoms with Crippen molar-refractivity contribution in [3.63, 3.8) is 0 Å². The van der Waals surface area contributed by atoms with Crippen LogP contribution in [0.4, 0.5) is 0 Å². The summed E-state index contributed by atoms with van der Waals surface area (Å²) in [5.74, 6) is -0.0486. The van der Waals surface area contributed by atoms with Crippen LogP contribution in [0.3, 0.4) is 0 Å². The molecule has 0 radical (unpaired) electrons. The SMILES string of the molecule is NC(c1ccc2c(c1)C(=O)NCC2)c1ccc(Cl)cc1Cl. The molecule has 3 nitrogen and oxygen atoms in total. The summed E-state index contributed by atoms with van der Waals surface area (Å²) >= 11 is 12.1. The molecule has 3 N–H and O–H groups in total. The Morgan fingerprint density at radius 1 is 1.14 bits per heavy atom. The van der Waals surface area contributed by atoms with Crippen LogP contribution in [0.15, 0.2) is 36.4 Å². The molecule has 2 aromatic carbocycles. The lowest BCUT2D eigenvalue weighted by molar-refractivity contribution is 0.0946. The molecule has 0 bridgehead atoms. The van der Waals surface area contributed by atoms with Gasteiger partial charge in [0.2, 0.25) is 0 Å². The third kappa shape index (κ3) is 2.77. The van der Waals surface area contributed by atoms with Crippen molar-refractivity contribution in [1.82, 2.24) is 5.32 Å². The molecule has 0 saturated carbocycles. The normalized spacial score (nSPS) is 15.3. The van der Waals surface area contributed by atoms with Crippen molar-refractivity contribution in [3.8, 4) is 0 Å². The number of carbonyl (C=O) groups excluding carboxylic acids is 1. The lowest BCUT2D eigenvalue weighted by Gasteiger charge is -2.20. The van der Waals surface area contributed by atoms with E-state index in [0.717, 1.165) is 23.1 Å². The molecule has 5 heteroatoms. The molecule has 0 saturated heterocycles. The molecule has 0 fully saturated rings. The molecule has 0 aromatic heterocycles. The van der Waals surface area contributed by atoms with Gasteiger partial charge in [-0.2, -0.15) is 0 Å². The van der Waals surface area contributed by atoms with Crippen molar-refractivity contribution in [2.24, 2.45) is 5.73 Å². The summed E-state index contributed by atoms with van der Waals surface area (Å²) in [4.78, 5) is 11.9. The molecular weight excluding hydrogens is 307 g/mol. The second-order valence-corrected chi connectivity index (χ2v) is 5.91. The van der Waals surface area contributed by atoms with E-state index < -0.39 is 6.04 Å². The number of benzene rings is 2. The maximum absolute atomic E-state index is 11.9. The van der Waals surface area contributed by atoms with E-state index in [1.165, 1.54) is 0 Å². The van der Waals surface area contributed by atoms with Gasteiger partial charge in [-0.1, -0.05) is 41.4 Å². The highest BCUT2D eigenvalue weighted by molar-refractivity contribution is 6.35. The van der Waals surface area contributed by atoms with Gasteiger partial charge in [0.15, 0.2) is 0 Å². The summed E-state index contributed by atoms with van der Waals surface area (Å²) in [6.07, 6.45) is 0.846. The summed E-state index contributed by atoms with van der Waals surface area (Å²) in [6, 6.07) is 10.6. The van der Waals surface area contributed by atoms with Gasteiger partial charge in [-0.05, 0) is 41.3 Å². The van der Waals surface area contributed by atoms with Gasteiger partial charge in [0.05, 0.1) is 6.04 Å². The van der Waals surface area contributed by atoms with Crippen molar-refractivity contribution in [2.45, 2.75) is 12.5 Å². The predicted molar refractivity (Wildman–Crippen MR) is 85.0 cm³/mol. The quantitative estimate of drug-likeness (QED) is 0.891. The zero-order valence-corrected chi connectivity index (χ0v) is 12.7. The lowest BCUT2D eigenvalue weighted by atomic mass is 9.93. The fraction of sp³-hybridized carbons (Fsp3) is 0.188. The number of carbonyl (C=O) groups is 1. The predicted octanol–water partition coefficient (Wildman–Crippen LogP) is 3.33. The first-order valence-electron chi connectivity index (χ1n) is 6.68. The number of hydrogen-bond donors (Lipinski definition) is 2. The maximum atomic E-state index is 11.9. The molecule has 2 aromatic rings. The summed E-state index contributed by atoms with van der Waals surface area (Å²) in [5, 5.41) is 3.94. The number of nitrogens with one attached hydrogen (secondary N) is 1. The van der Waals surface area contributed by atoms with E-state index in [9.17, 15) is 4.79 Å². The molecule has 1 atom stereocenters. The van der Waals surface area contributed by atoms with E-state index in [1.54, 1.807) is 12.1 Å². The first-order chi connectivity index (χ1) is 10.1. The summed E-state index contributed by atoms with van der Waals surface area (Å²) in [7, 11) is 0. The van der Waals surface area contributed by atoms with Crippen molar-refractivity contribution >= 4 is 29.1 Å². The van der Waals surface area contributed by atoms with Gasteiger partial charge in [-0.25, -0.2) is 0 Å². The Morgan fingerprint density at radius 3 is 2.71 bits per heavy atom. The van der Waals surface area contributed by atoms with Crippen molar-refractivity contribution in [2.75, 3.05) is 6.54 Å². The minimum Gasteiger partial charge on any atom is -0.352 e. The Labute approximate surface area is 133 Å². The minimum atomic E-state index is -0.394. The number of amides is 1. The topological polar surface area (TPSA) is 55.1 Å². The molecule has 1 aliphatic heterocycles. The second kappa shape index (κ2) is 5.68. The number of fused-ring (bicyclic) bond motifs is 1. The number of hydrogen-bond acceptors (Lipinski definition) is 2. The van der Waals surface area contributed by atoms with Gasteiger partial charge in [-0.15, -0.1) is 0 Å². The smallest absolute Gasteiger partial charge is 0.251 e. The lowest BCUT2D eigenvalue weighted by Crippen LogP contribution is -2.32. The molecule has 108 valence electrons. The molecule has 0 aliphatic carbocycles. The number of nitrogens with two attached hydrogens (primary N) is 1. The van der Waals surface area contributed by atoms with Crippen molar-refractivity contribution < 1.29 is 4.79 Å². The molecular formula is C16H14Cl2N2O. The molecule has 1 amide bonds. The molecule has 1 unspecified atom stereocenters. The largest absolute Gasteiger partial charge is 0.352 e. The highest BCUT2D eigenvalue weighted by Crippen LogP contribution is 2.30. The van der Waals surface area contributed by atoms with Crippen LogP contribution >= 0.6 is 23.2 Å². The summed E-state index contributed by atoms with van der Waals surface area (Å²) in [5.41, 5.74) is 9.68. The Hall–Kier alpha value is -1.55. The van der Waals surface area contributed by atoms with E-state index in [1.807, 2.05) is 24.3 Å². The monoisotopic (exact) mass is 320 g/mol. The standard InChI is InChI=1S/C16H14Cl2N2O/c17-11-3-4-12(14(18)8-11)15(19)10-2-1-9-5-6-20-16(21)13(9)7-10/h1-4,7-8,15H,5-6,19H2,(H,20,21). The van der Waals surface area contributed by atoms with Gasteiger partial charge < -0.3 is 11.1 Å². The first-order valence-corrected chi connectivity index (χ1v) is 7.43. The van der Waals surface area contributed by atoms with E-state index in [4.69, 9.17) is 28.9 Å². The van der Waals surface area contributed by atoms with E-state index in [0.29, 0.717) is 22.2 Å². The average Bonchev–Trinajstić information content (AvgIpc) is 2.47. The Bertz CT molecular complexity index is 715. The van der Waals surface area contributed by atoms with Crippen LogP contribution in [-0.4, -0.2) is 12.5 Å². The van der Waals surface area contributed by atoms with Crippen molar-refractivity contribution in [1.29, 1.82) is 0 Å². The zero-order chi connectivity index (χ0) is 15.0. The highest BCUT2D eigenvalue weighted by atomic mass is 35.5. The van der Waals surface area contributed by atoms with Crippen LogP contribution in [0.5, 0.6) is 0 Å². The van der Waals surface area contributed by atoms with Crippen LogP contribution < -0.4 is 11.1 Å². The van der Waals surface area contributed by atoms with Gasteiger partial charge in [0.25, 0.3) is 5.91 Å². The van der Waals surface area contributed by atoms with Crippen LogP contribution in [0.1, 0.15) is 33.1 Å². The van der Waals surface area contributed by atoms with Gasteiger partial charge in [0.1, 0.15) is 0 Å². The molecule has 0 spiro atoms. The Kier molecular flexibility index (Phi) is 3.89. The minimum absolute atomic E-state index is 0.0486. The van der Waals surface area contributed by atoms with Gasteiger partial charge in [0, 0.05) is 22.2 Å². The Morgan fingerprint density at radius 2 is 1.95 bits per heavy atom.